The number of hydrogen-bond donors (Lipinski definition) is 2. The van der Waals surface area contributed by atoms with Crippen LogP contribution in [0.5, 0.6) is 0 Å². The molecule has 1 aromatic rings. The summed E-state index contributed by atoms with van der Waals surface area (Å²) in [5.41, 5.74) is 1.58. The van der Waals surface area contributed by atoms with Crippen LogP contribution >= 0.6 is 15.9 Å². The highest BCUT2D eigenvalue weighted by molar-refractivity contribution is 9.10. The minimum atomic E-state index is -3.44. The van der Waals surface area contributed by atoms with Crippen molar-refractivity contribution in [3.8, 4) is 0 Å². The standard InChI is InChI=1S/C14H22BrN3O3S/c1-10(2)17-14(19)16-7-8-18(22(4,20)21)13-6-5-11(3)9-12(13)15/h5-6,9-10H,7-8H2,1-4H3,(H2,16,17,19). The van der Waals surface area contributed by atoms with E-state index in [-0.39, 0.29) is 25.2 Å². The summed E-state index contributed by atoms with van der Waals surface area (Å²) in [4.78, 5) is 11.5. The molecule has 1 rings (SSSR count). The number of carbonyl (C=O) groups excluding carboxylic acids is 1. The highest BCUT2D eigenvalue weighted by Gasteiger charge is 2.19. The number of rotatable bonds is 6. The van der Waals surface area contributed by atoms with Gasteiger partial charge in [-0.15, -0.1) is 0 Å². The summed E-state index contributed by atoms with van der Waals surface area (Å²) in [5, 5.41) is 5.33. The fraction of sp³-hybridized carbons (Fsp3) is 0.500. The van der Waals surface area contributed by atoms with Crippen LogP contribution in [0.4, 0.5) is 10.5 Å². The number of halogens is 1. The second kappa shape index (κ2) is 7.82. The zero-order valence-corrected chi connectivity index (χ0v) is 15.6. The van der Waals surface area contributed by atoms with E-state index in [0.717, 1.165) is 11.8 Å². The van der Waals surface area contributed by atoms with Crippen molar-refractivity contribution < 1.29 is 13.2 Å². The Bertz CT molecular complexity index is 632. The van der Waals surface area contributed by atoms with Crippen LogP contribution in [-0.4, -0.2) is 39.8 Å². The van der Waals surface area contributed by atoms with Gasteiger partial charge in [0.2, 0.25) is 10.0 Å². The Morgan fingerprint density at radius 2 is 2.00 bits per heavy atom. The SMILES string of the molecule is Cc1ccc(N(CCNC(=O)NC(C)C)S(C)(=O)=O)c(Br)c1. The van der Waals surface area contributed by atoms with Gasteiger partial charge in [0.1, 0.15) is 0 Å². The minimum Gasteiger partial charge on any atom is -0.336 e. The monoisotopic (exact) mass is 391 g/mol. The Morgan fingerprint density at radius 3 is 2.50 bits per heavy atom. The Balaban J connectivity index is 2.81. The van der Waals surface area contributed by atoms with Gasteiger partial charge in [-0.3, -0.25) is 4.31 Å². The second-order valence-corrected chi connectivity index (χ2v) is 8.11. The van der Waals surface area contributed by atoms with Crippen LogP contribution in [0.2, 0.25) is 0 Å². The highest BCUT2D eigenvalue weighted by atomic mass is 79.9. The van der Waals surface area contributed by atoms with E-state index in [0.29, 0.717) is 10.2 Å². The summed E-state index contributed by atoms with van der Waals surface area (Å²) < 4.78 is 26.0. The van der Waals surface area contributed by atoms with Crippen molar-refractivity contribution in [1.82, 2.24) is 10.6 Å². The molecule has 124 valence electrons. The zero-order chi connectivity index (χ0) is 16.9. The minimum absolute atomic E-state index is 0.0252. The van der Waals surface area contributed by atoms with Crippen LogP contribution in [0.15, 0.2) is 22.7 Å². The van der Waals surface area contributed by atoms with Crippen molar-refractivity contribution in [1.29, 1.82) is 0 Å². The fourth-order valence-corrected chi connectivity index (χ4v) is 3.63. The molecule has 0 atom stereocenters. The lowest BCUT2D eigenvalue weighted by molar-refractivity contribution is 0.239. The average Bonchev–Trinajstić information content (AvgIpc) is 2.33. The molecule has 6 nitrogen and oxygen atoms in total. The van der Waals surface area contributed by atoms with Gasteiger partial charge in [0, 0.05) is 17.1 Å². The van der Waals surface area contributed by atoms with E-state index < -0.39 is 10.0 Å². The third-order valence-corrected chi connectivity index (χ3v) is 4.61. The van der Waals surface area contributed by atoms with Gasteiger partial charge in [-0.25, -0.2) is 13.2 Å². The maximum Gasteiger partial charge on any atom is 0.315 e. The van der Waals surface area contributed by atoms with Gasteiger partial charge in [0.25, 0.3) is 0 Å². The van der Waals surface area contributed by atoms with E-state index in [2.05, 4.69) is 26.6 Å². The normalized spacial score (nSPS) is 11.4. The summed E-state index contributed by atoms with van der Waals surface area (Å²) in [6, 6.07) is 5.15. The molecule has 0 unspecified atom stereocenters. The Hall–Kier alpha value is -1.28. The first-order chi connectivity index (χ1) is 10.1. The van der Waals surface area contributed by atoms with Gasteiger partial charge >= 0.3 is 6.03 Å². The molecule has 0 aliphatic rings. The molecule has 0 fully saturated rings. The quantitative estimate of drug-likeness (QED) is 0.780. The van der Waals surface area contributed by atoms with Crippen molar-refractivity contribution in [3.63, 3.8) is 0 Å². The molecule has 0 aliphatic heterocycles. The number of urea groups is 1. The number of hydrogen-bond acceptors (Lipinski definition) is 3. The van der Waals surface area contributed by atoms with Crippen molar-refractivity contribution >= 4 is 37.7 Å². The molecular weight excluding hydrogens is 370 g/mol. The maximum atomic E-state index is 12.0. The summed E-state index contributed by atoms with van der Waals surface area (Å²) in [6.45, 7) is 6.01. The first kappa shape index (κ1) is 18.8. The van der Waals surface area contributed by atoms with E-state index in [1.54, 1.807) is 6.07 Å². The van der Waals surface area contributed by atoms with E-state index in [1.807, 2.05) is 32.9 Å². The van der Waals surface area contributed by atoms with Crippen LogP contribution in [0.1, 0.15) is 19.4 Å². The molecule has 2 amide bonds. The molecule has 0 saturated carbocycles. The molecular formula is C14H22BrN3O3S. The number of nitrogens with zero attached hydrogens (tertiary/aromatic N) is 1. The van der Waals surface area contributed by atoms with Crippen LogP contribution in [0.25, 0.3) is 0 Å². The summed E-state index contributed by atoms with van der Waals surface area (Å²) >= 11 is 3.39. The third-order valence-electron chi connectivity index (χ3n) is 2.79. The lowest BCUT2D eigenvalue weighted by Crippen LogP contribution is -2.44. The molecule has 0 spiro atoms. The van der Waals surface area contributed by atoms with Crippen LogP contribution in [0.3, 0.4) is 0 Å². The van der Waals surface area contributed by atoms with Gasteiger partial charge in [-0.05, 0) is 54.4 Å². The second-order valence-electron chi connectivity index (χ2n) is 5.34. The number of carbonyl (C=O) groups is 1. The summed E-state index contributed by atoms with van der Waals surface area (Å²) in [7, 11) is -3.44. The molecule has 0 aliphatic carbocycles. The Labute approximate surface area is 140 Å². The van der Waals surface area contributed by atoms with Gasteiger partial charge in [-0.2, -0.15) is 0 Å². The lowest BCUT2D eigenvalue weighted by atomic mass is 10.2. The first-order valence-electron chi connectivity index (χ1n) is 6.89. The number of anilines is 1. The molecule has 0 aromatic heterocycles. The molecule has 0 radical (unpaired) electrons. The van der Waals surface area contributed by atoms with E-state index in [1.165, 1.54) is 4.31 Å². The van der Waals surface area contributed by atoms with Crippen molar-refractivity contribution in [3.05, 3.63) is 28.2 Å². The average molecular weight is 392 g/mol. The van der Waals surface area contributed by atoms with Gasteiger partial charge in [-0.1, -0.05) is 6.07 Å². The molecule has 22 heavy (non-hydrogen) atoms. The Kier molecular flexibility index (Phi) is 6.67. The maximum absolute atomic E-state index is 12.0. The largest absolute Gasteiger partial charge is 0.336 e. The predicted octanol–water partition coefficient (Wildman–Crippen LogP) is 2.23. The molecule has 0 heterocycles. The van der Waals surface area contributed by atoms with Gasteiger partial charge < -0.3 is 10.6 Å². The van der Waals surface area contributed by atoms with Crippen molar-refractivity contribution in [2.75, 3.05) is 23.7 Å². The van der Waals surface area contributed by atoms with Crippen LogP contribution < -0.4 is 14.9 Å². The molecule has 0 saturated heterocycles. The summed E-state index contributed by atoms with van der Waals surface area (Å²) in [5.74, 6) is 0. The number of aryl methyl sites for hydroxylation is 1. The first-order valence-corrected chi connectivity index (χ1v) is 9.53. The van der Waals surface area contributed by atoms with Crippen LogP contribution in [-0.2, 0) is 10.0 Å². The van der Waals surface area contributed by atoms with Crippen molar-refractivity contribution in [2.24, 2.45) is 0 Å². The van der Waals surface area contributed by atoms with E-state index >= 15 is 0 Å². The lowest BCUT2D eigenvalue weighted by Gasteiger charge is -2.24. The molecule has 0 bridgehead atoms. The highest BCUT2D eigenvalue weighted by Crippen LogP contribution is 2.28. The van der Waals surface area contributed by atoms with E-state index in [4.69, 9.17) is 0 Å². The molecule has 2 N–H and O–H groups in total. The number of sulfonamides is 1. The third kappa shape index (κ3) is 5.84. The Morgan fingerprint density at radius 1 is 1.36 bits per heavy atom. The topological polar surface area (TPSA) is 78.5 Å². The molecule has 8 heteroatoms. The number of nitrogens with one attached hydrogen (secondary N) is 2. The van der Waals surface area contributed by atoms with Gasteiger partial charge in [0.05, 0.1) is 18.5 Å². The fourth-order valence-electron chi connectivity index (χ4n) is 1.86. The van der Waals surface area contributed by atoms with Crippen molar-refractivity contribution in [2.45, 2.75) is 26.8 Å². The number of amides is 2. The number of benzene rings is 1. The predicted molar refractivity (Wildman–Crippen MR) is 92.7 cm³/mol. The zero-order valence-electron chi connectivity index (χ0n) is 13.2. The van der Waals surface area contributed by atoms with Crippen LogP contribution in [0, 0.1) is 6.92 Å². The molecule has 1 aromatic carbocycles. The van der Waals surface area contributed by atoms with E-state index in [9.17, 15) is 13.2 Å². The summed E-state index contributed by atoms with van der Waals surface area (Å²) in [6.07, 6.45) is 1.15. The smallest absolute Gasteiger partial charge is 0.315 e. The van der Waals surface area contributed by atoms with Gasteiger partial charge in [0.15, 0.2) is 0 Å².